The van der Waals surface area contributed by atoms with Crippen molar-refractivity contribution >= 4 is 39.3 Å². The summed E-state index contributed by atoms with van der Waals surface area (Å²) in [6.45, 7) is 3.77. The number of hydrogen-bond acceptors (Lipinski definition) is 6. The average Bonchev–Trinajstić information content (AvgIpc) is 3.43. The van der Waals surface area contributed by atoms with Gasteiger partial charge in [-0.2, -0.15) is 0 Å². The second-order valence-corrected chi connectivity index (χ2v) is 11.3. The second kappa shape index (κ2) is 10.4. The van der Waals surface area contributed by atoms with Gasteiger partial charge in [-0.3, -0.25) is 18.5 Å². The van der Waals surface area contributed by atoms with Crippen LogP contribution >= 0.6 is 11.3 Å². The van der Waals surface area contributed by atoms with Gasteiger partial charge in [0.05, 0.1) is 17.8 Å². The molecule has 37 heavy (non-hydrogen) atoms. The highest BCUT2D eigenvalue weighted by atomic mass is 32.2. The van der Waals surface area contributed by atoms with Crippen LogP contribution in [0.15, 0.2) is 54.0 Å². The van der Waals surface area contributed by atoms with Crippen LogP contribution in [0.1, 0.15) is 46.2 Å². The van der Waals surface area contributed by atoms with Gasteiger partial charge in [-0.1, -0.05) is 18.2 Å². The lowest BCUT2D eigenvalue weighted by molar-refractivity contribution is -0.115. The molecule has 1 atom stereocenters. The van der Waals surface area contributed by atoms with Crippen molar-refractivity contribution in [1.82, 2.24) is 19.3 Å². The van der Waals surface area contributed by atoms with Crippen LogP contribution in [0, 0.1) is 13.8 Å². The quantitative estimate of drug-likeness (QED) is 0.342. The molecule has 0 bridgehead atoms. The minimum Gasteiger partial charge on any atom is -0.343 e. The zero-order valence-electron chi connectivity index (χ0n) is 20.8. The first-order chi connectivity index (χ1) is 17.8. The third-order valence-corrected chi connectivity index (χ3v) is 7.71. The predicted octanol–water partition coefficient (Wildman–Crippen LogP) is 4.68. The zero-order valence-corrected chi connectivity index (χ0v) is 22.4. The number of hydrogen-bond donors (Lipinski definition) is 2. The van der Waals surface area contributed by atoms with Crippen molar-refractivity contribution in [2.24, 2.45) is 0 Å². The van der Waals surface area contributed by atoms with Crippen LogP contribution in [0.2, 0.25) is 0 Å². The fourth-order valence-electron chi connectivity index (χ4n) is 4.23. The minimum atomic E-state index is -1.24. The van der Waals surface area contributed by atoms with E-state index in [4.69, 9.17) is 0 Å². The molecule has 0 saturated heterocycles. The third kappa shape index (κ3) is 5.86. The molecule has 3 heterocycles. The molecule has 0 aliphatic heterocycles. The SMILES string of the molecule is Cc1cc(-c2cccc(-c3csc(NC(=O)CNC(=O)c4cc(C5CC5)n(S(C)=O)c4)n3)c2)cc(C)n1. The summed E-state index contributed by atoms with van der Waals surface area (Å²) in [5.74, 6) is -0.391. The Hall–Kier alpha value is -3.63. The van der Waals surface area contributed by atoms with Crippen LogP contribution < -0.4 is 10.6 Å². The van der Waals surface area contributed by atoms with Crippen LogP contribution in [0.25, 0.3) is 22.4 Å². The smallest absolute Gasteiger partial charge is 0.253 e. The molecule has 190 valence electrons. The largest absolute Gasteiger partial charge is 0.343 e. The van der Waals surface area contributed by atoms with Crippen LogP contribution in [0.5, 0.6) is 0 Å². The Balaban J connectivity index is 1.21. The molecule has 1 saturated carbocycles. The van der Waals surface area contributed by atoms with Gasteiger partial charge in [0.15, 0.2) is 5.13 Å². The number of thiazole rings is 1. The number of pyridine rings is 1. The summed E-state index contributed by atoms with van der Waals surface area (Å²) < 4.78 is 13.6. The molecular formula is C27H27N5O3S2. The number of anilines is 1. The standard InChI is InChI=1S/C27H27N5O3S2/c1-16-9-21(10-17(2)29-16)19-5-4-6-20(11-19)23-15-36-27(30-23)31-25(33)13-28-26(34)22-12-24(18-7-8-18)32(14-22)37(3)35/h4-6,9-12,14-15,18H,7-8,13H2,1-3H3,(H,28,34)(H,30,31,33). The van der Waals surface area contributed by atoms with E-state index >= 15 is 0 Å². The summed E-state index contributed by atoms with van der Waals surface area (Å²) in [6.07, 6.45) is 5.25. The number of aromatic nitrogens is 3. The Morgan fingerprint density at radius 1 is 1.05 bits per heavy atom. The zero-order chi connectivity index (χ0) is 26.1. The van der Waals surface area contributed by atoms with E-state index in [0.29, 0.717) is 16.6 Å². The number of nitrogens with one attached hydrogen (secondary N) is 2. The number of benzene rings is 1. The molecule has 2 amide bonds. The molecule has 2 N–H and O–H groups in total. The van der Waals surface area contributed by atoms with Gasteiger partial charge in [-0.05, 0) is 62.1 Å². The van der Waals surface area contributed by atoms with E-state index in [9.17, 15) is 13.8 Å². The van der Waals surface area contributed by atoms with E-state index in [1.807, 2.05) is 31.4 Å². The van der Waals surface area contributed by atoms with Crippen molar-refractivity contribution in [3.63, 3.8) is 0 Å². The Morgan fingerprint density at radius 3 is 2.49 bits per heavy atom. The van der Waals surface area contributed by atoms with Crippen molar-refractivity contribution in [2.75, 3.05) is 18.1 Å². The topological polar surface area (TPSA) is 106 Å². The summed E-state index contributed by atoms with van der Waals surface area (Å²) in [7, 11) is -1.24. The molecule has 8 nitrogen and oxygen atoms in total. The molecule has 0 radical (unpaired) electrons. The maximum absolute atomic E-state index is 12.6. The van der Waals surface area contributed by atoms with Gasteiger partial charge < -0.3 is 10.6 Å². The van der Waals surface area contributed by atoms with Gasteiger partial charge in [0, 0.05) is 46.4 Å². The molecule has 5 rings (SSSR count). The number of nitrogens with zero attached hydrogens (tertiary/aromatic N) is 3. The molecule has 1 aliphatic carbocycles. The van der Waals surface area contributed by atoms with Gasteiger partial charge in [0.25, 0.3) is 5.91 Å². The van der Waals surface area contributed by atoms with Crippen LogP contribution in [0.4, 0.5) is 5.13 Å². The fourth-order valence-corrected chi connectivity index (χ4v) is 5.73. The summed E-state index contributed by atoms with van der Waals surface area (Å²) in [6, 6.07) is 14.0. The normalized spacial score (nSPS) is 13.8. The Labute approximate surface area is 221 Å². The van der Waals surface area contributed by atoms with E-state index in [1.54, 1.807) is 22.5 Å². The Bertz CT molecular complexity index is 1500. The highest BCUT2D eigenvalue weighted by molar-refractivity contribution is 7.82. The lowest BCUT2D eigenvalue weighted by Crippen LogP contribution is -2.32. The molecule has 1 aromatic carbocycles. The van der Waals surface area contributed by atoms with E-state index in [2.05, 4.69) is 44.9 Å². The maximum atomic E-state index is 12.6. The molecule has 4 aromatic rings. The average molecular weight is 534 g/mol. The number of aryl methyl sites for hydroxylation is 2. The number of rotatable bonds is 8. The highest BCUT2D eigenvalue weighted by Gasteiger charge is 2.29. The van der Waals surface area contributed by atoms with Crippen molar-refractivity contribution < 1.29 is 13.8 Å². The number of amides is 2. The summed E-state index contributed by atoms with van der Waals surface area (Å²) in [5, 5.41) is 7.74. The number of carbonyl (C=O) groups is 2. The van der Waals surface area contributed by atoms with Gasteiger partial charge in [-0.15, -0.1) is 11.3 Å². The van der Waals surface area contributed by atoms with Crippen molar-refractivity contribution in [2.45, 2.75) is 32.6 Å². The molecule has 1 aliphatic rings. The monoisotopic (exact) mass is 533 g/mol. The van der Waals surface area contributed by atoms with Crippen LogP contribution in [-0.4, -0.2) is 42.8 Å². The fraction of sp³-hybridized carbons (Fsp3) is 0.259. The predicted molar refractivity (Wildman–Crippen MR) is 147 cm³/mol. The van der Waals surface area contributed by atoms with Crippen molar-refractivity contribution in [3.05, 3.63) is 76.7 Å². The molecule has 1 unspecified atom stereocenters. The summed E-state index contributed by atoms with van der Waals surface area (Å²) in [4.78, 5) is 34.1. The lowest BCUT2D eigenvalue weighted by Gasteiger charge is -2.06. The molecular weight excluding hydrogens is 506 g/mol. The van der Waals surface area contributed by atoms with Crippen molar-refractivity contribution in [3.8, 4) is 22.4 Å². The van der Waals surface area contributed by atoms with Crippen LogP contribution in [0.3, 0.4) is 0 Å². The molecule has 3 aromatic heterocycles. The number of carbonyl (C=O) groups excluding carboxylic acids is 2. The maximum Gasteiger partial charge on any atom is 0.253 e. The van der Waals surface area contributed by atoms with E-state index < -0.39 is 11.0 Å². The first-order valence-electron chi connectivity index (χ1n) is 11.9. The first-order valence-corrected chi connectivity index (χ1v) is 14.3. The minimum absolute atomic E-state index is 0.191. The summed E-state index contributed by atoms with van der Waals surface area (Å²) in [5.41, 5.74) is 7.10. The van der Waals surface area contributed by atoms with Gasteiger partial charge in [0.1, 0.15) is 11.0 Å². The molecule has 10 heteroatoms. The first kappa shape index (κ1) is 25.0. The van der Waals surface area contributed by atoms with E-state index in [0.717, 1.165) is 52.3 Å². The van der Waals surface area contributed by atoms with Crippen molar-refractivity contribution in [1.29, 1.82) is 0 Å². The van der Waals surface area contributed by atoms with E-state index in [1.165, 1.54) is 11.3 Å². The van der Waals surface area contributed by atoms with Crippen LogP contribution in [-0.2, 0) is 15.8 Å². The van der Waals surface area contributed by atoms with E-state index in [-0.39, 0.29) is 18.4 Å². The lowest BCUT2D eigenvalue weighted by atomic mass is 10.0. The van der Waals surface area contributed by atoms with Gasteiger partial charge >= 0.3 is 0 Å². The summed E-state index contributed by atoms with van der Waals surface area (Å²) >= 11 is 1.33. The second-order valence-electron chi connectivity index (χ2n) is 9.17. The van der Waals surface area contributed by atoms with Gasteiger partial charge in [-0.25, -0.2) is 9.19 Å². The Kier molecular flexibility index (Phi) is 7.03. The third-order valence-electron chi connectivity index (χ3n) is 6.08. The highest BCUT2D eigenvalue weighted by Crippen LogP contribution is 2.41. The Morgan fingerprint density at radius 2 is 1.78 bits per heavy atom. The molecule has 0 spiro atoms. The van der Waals surface area contributed by atoms with Gasteiger partial charge in [0.2, 0.25) is 5.91 Å². The molecule has 1 fully saturated rings.